The van der Waals surface area contributed by atoms with E-state index in [1.807, 2.05) is 6.92 Å². The van der Waals surface area contributed by atoms with Crippen LogP contribution in [0.15, 0.2) is 0 Å². The number of carbonyl (C=O) groups excluding carboxylic acids is 1. The van der Waals surface area contributed by atoms with E-state index in [0.717, 1.165) is 32.2 Å². The second kappa shape index (κ2) is 9.60. The van der Waals surface area contributed by atoms with Gasteiger partial charge in [-0.1, -0.05) is 13.8 Å². The van der Waals surface area contributed by atoms with E-state index < -0.39 is 0 Å². The molecule has 0 spiro atoms. The average Bonchev–Trinajstić information content (AvgIpc) is 2.30. The van der Waals surface area contributed by atoms with Crippen LogP contribution in [0.5, 0.6) is 0 Å². The molecule has 0 saturated carbocycles. The van der Waals surface area contributed by atoms with Crippen molar-refractivity contribution in [1.82, 2.24) is 10.6 Å². The van der Waals surface area contributed by atoms with Gasteiger partial charge in [0, 0.05) is 12.6 Å². The molecule has 4 heteroatoms. The topological polar surface area (TPSA) is 61.4 Å². The Bertz CT molecular complexity index is 182. The summed E-state index contributed by atoms with van der Waals surface area (Å²) in [4.78, 5) is 11.7. The quantitative estimate of drug-likeness (QED) is 0.519. The molecule has 0 aliphatic carbocycles. The predicted octanol–water partition coefficient (Wildman–Crippen LogP) is 1.04. The number of rotatable bonds is 9. The van der Waals surface area contributed by atoms with Crippen LogP contribution in [0, 0.1) is 0 Å². The molecule has 4 nitrogen and oxygen atoms in total. The van der Waals surface area contributed by atoms with Crippen LogP contribution < -0.4 is 10.6 Å². The molecule has 1 amide bonds. The van der Waals surface area contributed by atoms with Gasteiger partial charge in [-0.05, 0) is 39.2 Å². The van der Waals surface area contributed by atoms with Gasteiger partial charge < -0.3 is 15.7 Å². The number of hydrogen-bond acceptors (Lipinski definition) is 3. The Balaban J connectivity index is 3.72. The summed E-state index contributed by atoms with van der Waals surface area (Å²) in [5.41, 5.74) is 0. The first kappa shape index (κ1) is 15.4. The Kier molecular flexibility index (Phi) is 9.24. The SMILES string of the molecule is CCC(CC)NC(=O)C(C)NCCCCO. The highest BCUT2D eigenvalue weighted by Gasteiger charge is 2.14. The third kappa shape index (κ3) is 6.80. The molecule has 0 aliphatic heterocycles. The highest BCUT2D eigenvalue weighted by atomic mass is 16.2. The van der Waals surface area contributed by atoms with E-state index in [9.17, 15) is 4.79 Å². The summed E-state index contributed by atoms with van der Waals surface area (Å²) < 4.78 is 0. The van der Waals surface area contributed by atoms with Gasteiger partial charge in [0.15, 0.2) is 0 Å². The van der Waals surface area contributed by atoms with Crippen molar-refractivity contribution < 1.29 is 9.90 Å². The lowest BCUT2D eigenvalue weighted by atomic mass is 10.1. The van der Waals surface area contributed by atoms with Crippen LogP contribution >= 0.6 is 0 Å². The van der Waals surface area contributed by atoms with Gasteiger partial charge in [0.25, 0.3) is 0 Å². The monoisotopic (exact) mass is 230 g/mol. The molecule has 96 valence electrons. The van der Waals surface area contributed by atoms with Gasteiger partial charge in [-0.25, -0.2) is 0 Å². The van der Waals surface area contributed by atoms with Crippen LogP contribution in [0.4, 0.5) is 0 Å². The van der Waals surface area contributed by atoms with E-state index in [1.165, 1.54) is 0 Å². The third-order valence-electron chi connectivity index (χ3n) is 2.76. The second-order valence-electron chi connectivity index (χ2n) is 4.13. The summed E-state index contributed by atoms with van der Waals surface area (Å²) in [6, 6.07) is 0.133. The molecular formula is C12H26N2O2. The molecule has 0 saturated heterocycles. The Morgan fingerprint density at radius 1 is 1.25 bits per heavy atom. The van der Waals surface area contributed by atoms with Gasteiger partial charge in [-0.15, -0.1) is 0 Å². The summed E-state index contributed by atoms with van der Waals surface area (Å²) >= 11 is 0. The highest BCUT2D eigenvalue weighted by Crippen LogP contribution is 1.97. The molecular weight excluding hydrogens is 204 g/mol. The van der Waals surface area contributed by atoms with Gasteiger partial charge in [0.1, 0.15) is 0 Å². The van der Waals surface area contributed by atoms with E-state index >= 15 is 0 Å². The summed E-state index contributed by atoms with van der Waals surface area (Å²) in [6.45, 7) is 7.02. The van der Waals surface area contributed by atoms with E-state index in [2.05, 4.69) is 24.5 Å². The molecule has 0 aliphatic rings. The number of nitrogens with one attached hydrogen (secondary N) is 2. The first-order valence-corrected chi connectivity index (χ1v) is 6.30. The van der Waals surface area contributed by atoms with Crippen LogP contribution in [0.1, 0.15) is 46.5 Å². The number of hydrogen-bond donors (Lipinski definition) is 3. The molecule has 3 N–H and O–H groups in total. The molecule has 1 atom stereocenters. The molecule has 0 rings (SSSR count). The minimum absolute atomic E-state index is 0.0673. The maximum atomic E-state index is 11.7. The summed E-state index contributed by atoms with van der Waals surface area (Å²) in [5.74, 6) is 0.0673. The molecule has 0 heterocycles. The third-order valence-corrected chi connectivity index (χ3v) is 2.76. The van der Waals surface area contributed by atoms with Crippen molar-refractivity contribution in [3.63, 3.8) is 0 Å². The summed E-state index contributed by atoms with van der Waals surface area (Å²) in [6.07, 6.45) is 3.63. The lowest BCUT2D eigenvalue weighted by Crippen LogP contribution is -2.46. The van der Waals surface area contributed by atoms with Gasteiger partial charge in [0.05, 0.1) is 6.04 Å². The Labute approximate surface area is 98.8 Å². The van der Waals surface area contributed by atoms with Crippen LogP contribution in [-0.2, 0) is 4.79 Å². The smallest absolute Gasteiger partial charge is 0.237 e. The van der Waals surface area contributed by atoms with Gasteiger partial charge in [0.2, 0.25) is 5.91 Å². The van der Waals surface area contributed by atoms with Crippen LogP contribution in [-0.4, -0.2) is 36.2 Å². The fourth-order valence-electron chi connectivity index (χ4n) is 1.47. The molecule has 0 bridgehead atoms. The number of aliphatic hydroxyl groups excluding tert-OH is 1. The lowest BCUT2D eigenvalue weighted by molar-refractivity contribution is -0.123. The van der Waals surface area contributed by atoms with Crippen molar-refractivity contribution in [2.24, 2.45) is 0 Å². The number of carbonyl (C=O) groups is 1. The zero-order valence-electron chi connectivity index (χ0n) is 10.8. The average molecular weight is 230 g/mol. The van der Waals surface area contributed by atoms with Crippen molar-refractivity contribution in [1.29, 1.82) is 0 Å². The zero-order chi connectivity index (χ0) is 12.4. The van der Waals surface area contributed by atoms with Crippen molar-refractivity contribution in [2.45, 2.75) is 58.5 Å². The first-order valence-electron chi connectivity index (χ1n) is 6.30. The minimum atomic E-state index is -0.153. The van der Waals surface area contributed by atoms with Gasteiger partial charge >= 0.3 is 0 Å². The largest absolute Gasteiger partial charge is 0.396 e. The van der Waals surface area contributed by atoms with E-state index in [4.69, 9.17) is 5.11 Å². The maximum absolute atomic E-state index is 11.7. The Hall–Kier alpha value is -0.610. The standard InChI is InChI=1S/C12H26N2O2/c1-4-11(5-2)14-12(16)10(3)13-8-6-7-9-15/h10-11,13,15H,4-9H2,1-3H3,(H,14,16). The fraction of sp³-hybridized carbons (Fsp3) is 0.917. The number of amides is 1. The summed E-state index contributed by atoms with van der Waals surface area (Å²) in [5, 5.41) is 14.8. The van der Waals surface area contributed by atoms with Crippen molar-refractivity contribution >= 4 is 5.91 Å². The predicted molar refractivity (Wildman–Crippen MR) is 66.3 cm³/mol. The molecule has 0 fully saturated rings. The molecule has 0 aromatic rings. The van der Waals surface area contributed by atoms with Crippen LogP contribution in [0.3, 0.4) is 0 Å². The summed E-state index contributed by atoms with van der Waals surface area (Å²) in [7, 11) is 0. The van der Waals surface area contributed by atoms with E-state index in [-0.39, 0.29) is 24.6 Å². The van der Waals surface area contributed by atoms with Crippen molar-refractivity contribution in [3.05, 3.63) is 0 Å². The molecule has 16 heavy (non-hydrogen) atoms. The highest BCUT2D eigenvalue weighted by molar-refractivity contribution is 5.81. The Morgan fingerprint density at radius 3 is 2.38 bits per heavy atom. The van der Waals surface area contributed by atoms with E-state index in [1.54, 1.807) is 0 Å². The first-order chi connectivity index (χ1) is 7.65. The van der Waals surface area contributed by atoms with Crippen molar-refractivity contribution in [3.8, 4) is 0 Å². The van der Waals surface area contributed by atoms with Gasteiger partial charge in [-0.2, -0.15) is 0 Å². The van der Waals surface area contributed by atoms with Gasteiger partial charge in [-0.3, -0.25) is 4.79 Å². The molecule has 0 aromatic heterocycles. The molecule has 0 aromatic carbocycles. The van der Waals surface area contributed by atoms with Crippen molar-refractivity contribution in [2.75, 3.05) is 13.2 Å². The number of unbranched alkanes of at least 4 members (excludes halogenated alkanes) is 1. The molecule has 0 radical (unpaired) electrons. The number of aliphatic hydroxyl groups is 1. The maximum Gasteiger partial charge on any atom is 0.237 e. The minimum Gasteiger partial charge on any atom is -0.396 e. The zero-order valence-corrected chi connectivity index (χ0v) is 10.8. The van der Waals surface area contributed by atoms with E-state index in [0.29, 0.717) is 0 Å². The fourth-order valence-corrected chi connectivity index (χ4v) is 1.47. The molecule has 1 unspecified atom stereocenters. The second-order valence-corrected chi connectivity index (χ2v) is 4.13. The Morgan fingerprint density at radius 2 is 1.88 bits per heavy atom. The lowest BCUT2D eigenvalue weighted by Gasteiger charge is -2.19. The van der Waals surface area contributed by atoms with Crippen LogP contribution in [0.2, 0.25) is 0 Å². The van der Waals surface area contributed by atoms with Crippen LogP contribution in [0.25, 0.3) is 0 Å². The normalized spacial score (nSPS) is 12.8.